The first kappa shape index (κ1) is 12.2. The lowest BCUT2D eigenvalue weighted by Crippen LogP contribution is -2.14. The van der Waals surface area contributed by atoms with Crippen LogP contribution in [0.4, 0.5) is 0 Å². The van der Waals surface area contributed by atoms with Crippen LogP contribution in [0.25, 0.3) is 0 Å². The van der Waals surface area contributed by atoms with E-state index in [0.29, 0.717) is 10.7 Å². The monoisotopic (exact) mass is 270 g/mol. The number of nitrogens with two attached hydrogens (primary N) is 1. The Morgan fingerprint density at radius 1 is 1.16 bits per heavy atom. The van der Waals surface area contributed by atoms with Crippen LogP contribution in [0.15, 0.2) is 40.5 Å². The van der Waals surface area contributed by atoms with Crippen LogP contribution >= 0.6 is 11.8 Å². The first-order valence-corrected chi connectivity index (χ1v) is 7.01. The summed E-state index contributed by atoms with van der Waals surface area (Å²) in [5, 5.41) is 8.21. The summed E-state index contributed by atoms with van der Waals surface area (Å²) >= 11 is 1.51. The van der Waals surface area contributed by atoms with E-state index >= 15 is 0 Å². The first-order chi connectivity index (χ1) is 9.24. The molecule has 1 heterocycles. The summed E-state index contributed by atoms with van der Waals surface area (Å²) in [6.45, 7) is 0. The Kier molecular flexibility index (Phi) is 3.21. The quantitative estimate of drug-likeness (QED) is 0.663. The van der Waals surface area contributed by atoms with Gasteiger partial charge >= 0.3 is 0 Å². The van der Waals surface area contributed by atoms with Crippen LogP contribution in [0.3, 0.4) is 0 Å². The van der Waals surface area contributed by atoms with Gasteiger partial charge < -0.3 is 5.73 Å². The zero-order chi connectivity index (χ0) is 13.2. The predicted octanol–water partition coefficient (Wildman–Crippen LogP) is 2.40. The van der Waals surface area contributed by atoms with Gasteiger partial charge in [-0.3, -0.25) is 5.41 Å². The maximum atomic E-state index is 7.53. The van der Waals surface area contributed by atoms with E-state index < -0.39 is 0 Å². The van der Waals surface area contributed by atoms with Crippen LogP contribution in [0.5, 0.6) is 0 Å². The molecule has 0 atom stereocenters. The minimum atomic E-state index is -0.0447. The summed E-state index contributed by atoms with van der Waals surface area (Å²) in [5.41, 5.74) is 8.86. The molecule has 0 radical (unpaired) electrons. The number of amidine groups is 1. The molecule has 19 heavy (non-hydrogen) atoms. The Labute approximate surface area is 116 Å². The standard InChI is InChI=1S/C14H14N4S/c15-13(16)12-14(18-7-6-17-12)19-11-5-4-9-2-1-3-10(9)8-11/h4-8H,1-3H2,(H3,15,16). The van der Waals surface area contributed by atoms with Gasteiger partial charge in [0.1, 0.15) is 16.6 Å². The molecule has 0 saturated heterocycles. The van der Waals surface area contributed by atoms with Crippen molar-refractivity contribution in [1.82, 2.24) is 9.97 Å². The molecular weight excluding hydrogens is 256 g/mol. The zero-order valence-corrected chi connectivity index (χ0v) is 11.2. The van der Waals surface area contributed by atoms with Crippen LogP contribution in [-0.2, 0) is 12.8 Å². The number of nitrogens with one attached hydrogen (secondary N) is 1. The number of aryl methyl sites for hydroxylation is 2. The first-order valence-electron chi connectivity index (χ1n) is 6.19. The third-order valence-corrected chi connectivity index (χ3v) is 4.19. The fourth-order valence-corrected chi connectivity index (χ4v) is 3.24. The summed E-state index contributed by atoms with van der Waals surface area (Å²) in [5.74, 6) is -0.0447. The highest BCUT2D eigenvalue weighted by atomic mass is 32.2. The molecule has 0 saturated carbocycles. The van der Waals surface area contributed by atoms with Crippen molar-refractivity contribution in [1.29, 1.82) is 5.41 Å². The van der Waals surface area contributed by atoms with Crippen LogP contribution < -0.4 is 5.73 Å². The zero-order valence-electron chi connectivity index (χ0n) is 10.4. The molecule has 1 aliphatic carbocycles. The topological polar surface area (TPSA) is 75.7 Å². The number of nitrogens with zero attached hydrogens (tertiary/aromatic N) is 2. The lowest BCUT2D eigenvalue weighted by Gasteiger charge is -2.07. The lowest BCUT2D eigenvalue weighted by atomic mass is 10.1. The van der Waals surface area contributed by atoms with Gasteiger partial charge in [-0.2, -0.15) is 0 Å². The Balaban J connectivity index is 1.91. The second-order valence-corrected chi connectivity index (χ2v) is 5.57. The highest BCUT2D eigenvalue weighted by Crippen LogP contribution is 2.31. The Bertz CT molecular complexity index is 639. The molecular formula is C14H14N4S. The lowest BCUT2D eigenvalue weighted by molar-refractivity contribution is 0.911. The third-order valence-electron chi connectivity index (χ3n) is 3.20. The molecule has 3 N–H and O–H groups in total. The molecule has 4 nitrogen and oxygen atoms in total. The van der Waals surface area contributed by atoms with Crippen molar-refractivity contribution in [2.24, 2.45) is 5.73 Å². The van der Waals surface area contributed by atoms with Crippen LogP contribution in [0, 0.1) is 5.41 Å². The number of fused-ring (bicyclic) bond motifs is 1. The largest absolute Gasteiger partial charge is 0.382 e. The summed E-state index contributed by atoms with van der Waals surface area (Å²) in [4.78, 5) is 9.51. The fraction of sp³-hybridized carbons (Fsp3) is 0.214. The summed E-state index contributed by atoms with van der Waals surface area (Å²) in [6.07, 6.45) is 6.77. The molecule has 0 aliphatic heterocycles. The maximum absolute atomic E-state index is 7.53. The minimum absolute atomic E-state index is 0.0447. The van der Waals surface area contributed by atoms with Crippen molar-refractivity contribution < 1.29 is 0 Å². The predicted molar refractivity (Wildman–Crippen MR) is 75.6 cm³/mol. The van der Waals surface area contributed by atoms with Crippen molar-refractivity contribution in [3.8, 4) is 0 Å². The van der Waals surface area contributed by atoms with Gasteiger partial charge in [0.25, 0.3) is 0 Å². The minimum Gasteiger partial charge on any atom is -0.382 e. The van der Waals surface area contributed by atoms with E-state index in [1.165, 1.54) is 35.7 Å². The number of hydrogen-bond donors (Lipinski definition) is 2. The van der Waals surface area contributed by atoms with Crippen LogP contribution in [0.2, 0.25) is 0 Å². The average molecular weight is 270 g/mol. The molecule has 5 heteroatoms. The van der Waals surface area contributed by atoms with Crippen molar-refractivity contribution in [2.45, 2.75) is 29.2 Å². The van der Waals surface area contributed by atoms with Gasteiger partial charge in [0.15, 0.2) is 0 Å². The maximum Gasteiger partial charge on any atom is 0.144 e. The summed E-state index contributed by atoms with van der Waals surface area (Å²) in [7, 11) is 0. The number of aromatic nitrogens is 2. The molecule has 0 unspecified atom stereocenters. The van der Waals surface area contributed by atoms with Crippen molar-refractivity contribution in [3.63, 3.8) is 0 Å². The van der Waals surface area contributed by atoms with Gasteiger partial charge in [0.05, 0.1) is 0 Å². The molecule has 0 spiro atoms. The van der Waals surface area contributed by atoms with Crippen LogP contribution in [-0.4, -0.2) is 15.8 Å². The Morgan fingerprint density at radius 3 is 2.79 bits per heavy atom. The molecule has 1 aromatic heterocycles. The molecule has 0 fully saturated rings. The second kappa shape index (κ2) is 5.01. The molecule has 0 bridgehead atoms. The molecule has 1 aromatic carbocycles. The molecule has 3 rings (SSSR count). The average Bonchev–Trinajstić information content (AvgIpc) is 2.86. The third kappa shape index (κ3) is 2.46. The number of nitrogen functional groups attached to an aromatic ring is 1. The van der Waals surface area contributed by atoms with Gasteiger partial charge in [0, 0.05) is 17.3 Å². The summed E-state index contributed by atoms with van der Waals surface area (Å²) in [6, 6.07) is 6.51. The van der Waals surface area contributed by atoms with Gasteiger partial charge in [-0.25, -0.2) is 9.97 Å². The number of rotatable bonds is 3. The van der Waals surface area contributed by atoms with E-state index in [1.807, 2.05) is 0 Å². The van der Waals surface area contributed by atoms with E-state index in [1.54, 1.807) is 12.4 Å². The van der Waals surface area contributed by atoms with E-state index in [4.69, 9.17) is 11.1 Å². The SMILES string of the molecule is N=C(N)c1nccnc1Sc1ccc2c(c1)CCC2. The van der Waals surface area contributed by atoms with Crippen molar-refractivity contribution in [3.05, 3.63) is 47.4 Å². The Hall–Kier alpha value is -1.88. The van der Waals surface area contributed by atoms with Crippen LogP contribution in [0.1, 0.15) is 23.2 Å². The number of benzene rings is 1. The normalized spacial score (nSPS) is 13.3. The second-order valence-electron chi connectivity index (χ2n) is 4.51. The van der Waals surface area contributed by atoms with Crippen molar-refractivity contribution in [2.75, 3.05) is 0 Å². The fourth-order valence-electron chi connectivity index (χ4n) is 2.31. The van der Waals surface area contributed by atoms with Gasteiger partial charge in [-0.1, -0.05) is 17.8 Å². The Morgan fingerprint density at radius 2 is 1.95 bits per heavy atom. The van der Waals surface area contributed by atoms with E-state index in [9.17, 15) is 0 Å². The van der Waals surface area contributed by atoms with E-state index in [-0.39, 0.29) is 5.84 Å². The smallest absolute Gasteiger partial charge is 0.144 e. The van der Waals surface area contributed by atoms with E-state index in [0.717, 1.165) is 11.3 Å². The van der Waals surface area contributed by atoms with Gasteiger partial charge in [-0.15, -0.1) is 0 Å². The highest BCUT2D eigenvalue weighted by molar-refractivity contribution is 7.99. The number of hydrogen-bond acceptors (Lipinski definition) is 4. The van der Waals surface area contributed by atoms with E-state index in [2.05, 4.69) is 28.2 Å². The molecule has 0 amide bonds. The highest BCUT2D eigenvalue weighted by Gasteiger charge is 2.13. The van der Waals surface area contributed by atoms with Crippen molar-refractivity contribution >= 4 is 17.6 Å². The summed E-state index contributed by atoms with van der Waals surface area (Å²) < 4.78 is 0. The van der Waals surface area contributed by atoms with Gasteiger partial charge in [-0.05, 0) is 42.5 Å². The molecule has 96 valence electrons. The molecule has 2 aromatic rings. The van der Waals surface area contributed by atoms with Gasteiger partial charge in [0.2, 0.25) is 0 Å². The molecule has 1 aliphatic rings.